The van der Waals surface area contributed by atoms with Gasteiger partial charge in [-0.05, 0) is 12.1 Å². The third-order valence-corrected chi connectivity index (χ3v) is 5.36. The van der Waals surface area contributed by atoms with Gasteiger partial charge in [-0.1, -0.05) is 0 Å². The first-order chi connectivity index (χ1) is 15.0. The number of morpholine rings is 1. The van der Waals surface area contributed by atoms with E-state index in [4.69, 9.17) is 4.74 Å². The number of methoxy groups -OCH3 is 1. The molecule has 11 heteroatoms. The van der Waals surface area contributed by atoms with Crippen molar-refractivity contribution in [1.29, 1.82) is 0 Å². The first-order valence-electron chi connectivity index (χ1n) is 9.91. The fourth-order valence-electron chi connectivity index (χ4n) is 3.66. The second kappa shape index (κ2) is 8.96. The van der Waals surface area contributed by atoms with Gasteiger partial charge >= 0.3 is 0 Å². The number of anilines is 2. The molecule has 0 bridgehead atoms. The minimum atomic E-state index is -1.46. The van der Waals surface area contributed by atoms with Gasteiger partial charge in [0.1, 0.15) is 5.82 Å². The Hall–Kier alpha value is -3.08. The summed E-state index contributed by atoms with van der Waals surface area (Å²) in [6.07, 6.45) is 1.69. The van der Waals surface area contributed by atoms with E-state index in [9.17, 15) is 18.0 Å². The highest BCUT2D eigenvalue weighted by atomic mass is 19.2. The van der Waals surface area contributed by atoms with Gasteiger partial charge in [0, 0.05) is 45.5 Å². The van der Waals surface area contributed by atoms with Crippen molar-refractivity contribution in [3.05, 3.63) is 41.3 Å². The average molecular weight is 437 g/mol. The Morgan fingerprint density at radius 1 is 1.03 bits per heavy atom. The van der Waals surface area contributed by atoms with Crippen LogP contribution >= 0.6 is 0 Å². The molecular formula is C20H22F3N5O3. The average Bonchev–Trinajstić information content (AvgIpc) is 2.82. The van der Waals surface area contributed by atoms with Crippen molar-refractivity contribution in [3.8, 4) is 5.75 Å². The van der Waals surface area contributed by atoms with Crippen LogP contribution in [0.1, 0.15) is 10.4 Å². The van der Waals surface area contributed by atoms with E-state index >= 15 is 0 Å². The summed E-state index contributed by atoms with van der Waals surface area (Å²) in [4.78, 5) is 27.1. The van der Waals surface area contributed by atoms with Crippen LogP contribution in [0.5, 0.6) is 5.75 Å². The molecule has 31 heavy (non-hydrogen) atoms. The molecule has 1 aromatic heterocycles. The van der Waals surface area contributed by atoms with Crippen molar-refractivity contribution in [3.63, 3.8) is 0 Å². The van der Waals surface area contributed by atoms with E-state index in [0.29, 0.717) is 38.3 Å². The van der Waals surface area contributed by atoms with Gasteiger partial charge in [-0.25, -0.2) is 13.8 Å². The number of piperazine rings is 1. The van der Waals surface area contributed by atoms with Crippen LogP contribution in [0.25, 0.3) is 0 Å². The summed E-state index contributed by atoms with van der Waals surface area (Å²) in [6, 6.07) is 2.36. The Bertz CT molecular complexity index is 963. The smallest absolute Gasteiger partial charge is 0.257 e. The number of rotatable bonds is 4. The van der Waals surface area contributed by atoms with Crippen LogP contribution in [0, 0.1) is 17.5 Å². The number of carbonyl (C=O) groups excluding carboxylic acids is 1. The Labute approximate surface area is 177 Å². The molecule has 1 aromatic carbocycles. The lowest BCUT2D eigenvalue weighted by molar-refractivity contribution is 0.0740. The molecular weight excluding hydrogens is 415 g/mol. The van der Waals surface area contributed by atoms with Gasteiger partial charge in [0.05, 0.1) is 25.9 Å². The highest BCUT2D eigenvalue weighted by Crippen LogP contribution is 2.28. The van der Waals surface area contributed by atoms with E-state index in [1.807, 2.05) is 9.80 Å². The summed E-state index contributed by atoms with van der Waals surface area (Å²) < 4.78 is 51.8. The molecule has 0 radical (unpaired) electrons. The number of ether oxygens (including phenoxy) is 2. The number of amides is 1. The second-order valence-electron chi connectivity index (χ2n) is 7.16. The molecule has 3 heterocycles. The maximum atomic E-state index is 14.5. The van der Waals surface area contributed by atoms with E-state index in [0.717, 1.165) is 26.0 Å². The van der Waals surface area contributed by atoms with Crippen LogP contribution in [-0.4, -0.2) is 80.4 Å². The van der Waals surface area contributed by atoms with Gasteiger partial charge < -0.3 is 24.2 Å². The third-order valence-electron chi connectivity index (χ3n) is 5.36. The number of halogens is 3. The first-order valence-corrected chi connectivity index (χ1v) is 9.91. The zero-order chi connectivity index (χ0) is 22.0. The predicted molar refractivity (Wildman–Crippen MR) is 106 cm³/mol. The largest absolute Gasteiger partial charge is 0.491 e. The fraction of sp³-hybridized carbons (Fsp3) is 0.450. The third kappa shape index (κ3) is 4.22. The molecule has 2 saturated heterocycles. The van der Waals surface area contributed by atoms with E-state index in [2.05, 4.69) is 14.7 Å². The molecule has 4 rings (SSSR count). The highest BCUT2D eigenvalue weighted by Gasteiger charge is 2.29. The van der Waals surface area contributed by atoms with Crippen LogP contribution in [-0.2, 0) is 4.74 Å². The topological polar surface area (TPSA) is 71.0 Å². The standard InChI is InChI=1S/C20H22F3N5O3/c1-30-18-16(22)13(12-14(21)17(18)23)19(29)27-6-4-26(5-7-27)15-2-3-24-20(25-15)28-8-10-31-11-9-28/h2-3,12H,4-11H2,1H3. The lowest BCUT2D eigenvalue weighted by Crippen LogP contribution is -2.49. The van der Waals surface area contributed by atoms with Gasteiger partial charge in [-0.15, -0.1) is 0 Å². The molecule has 1 amide bonds. The zero-order valence-electron chi connectivity index (χ0n) is 17.0. The van der Waals surface area contributed by atoms with Gasteiger partial charge in [-0.2, -0.15) is 9.37 Å². The summed E-state index contributed by atoms with van der Waals surface area (Å²) in [7, 11) is 1.01. The van der Waals surface area contributed by atoms with Crippen molar-refractivity contribution < 1.29 is 27.4 Å². The molecule has 0 unspecified atom stereocenters. The van der Waals surface area contributed by atoms with Crippen molar-refractivity contribution in [2.24, 2.45) is 0 Å². The molecule has 2 aromatic rings. The lowest BCUT2D eigenvalue weighted by Gasteiger charge is -2.36. The predicted octanol–water partition coefficient (Wildman–Crippen LogP) is 1.70. The maximum absolute atomic E-state index is 14.5. The maximum Gasteiger partial charge on any atom is 0.257 e. The van der Waals surface area contributed by atoms with Crippen LogP contribution in [0.15, 0.2) is 18.3 Å². The van der Waals surface area contributed by atoms with Gasteiger partial charge in [0.15, 0.2) is 17.4 Å². The molecule has 0 spiro atoms. The molecule has 0 atom stereocenters. The summed E-state index contributed by atoms with van der Waals surface area (Å²) >= 11 is 0. The number of hydrogen-bond donors (Lipinski definition) is 0. The van der Waals surface area contributed by atoms with E-state index < -0.39 is 34.7 Å². The molecule has 0 N–H and O–H groups in total. The van der Waals surface area contributed by atoms with Crippen molar-refractivity contribution in [2.75, 3.05) is 69.4 Å². The Kier molecular flexibility index (Phi) is 6.12. The quantitative estimate of drug-likeness (QED) is 0.675. The first kappa shape index (κ1) is 21.2. The molecule has 2 aliphatic heterocycles. The van der Waals surface area contributed by atoms with E-state index in [1.165, 1.54) is 4.90 Å². The van der Waals surface area contributed by atoms with Crippen LogP contribution in [0.4, 0.5) is 24.9 Å². The molecule has 2 aliphatic rings. The van der Waals surface area contributed by atoms with Crippen molar-refractivity contribution in [2.45, 2.75) is 0 Å². The summed E-state index contributed by atoms with van der Waals surface area (Å²) in [5.74, 6) is -4.28. The van der Waals surface area contributed by atoms with Gasteiger partial charge in [0.25, 0.3) is 5.91 Å². The number of benzene rings is 1. The molecule has 8 nitrogen and oxygen atoms in total. The number of aromatic nitrogens is 2. The SMILES string of the molecule is COc1c(F)c(F)cc(C(=O)N2CCN(c3ccnc(N4CCOCC4)n3)CC2)c1F. The molecule has 166 valence electrons. The number of hydrogen-bond acceptors (Lipinski definition) is 7. The molecule has 2 fully saturated rings. The van der Waals surface area contributed by atoms with E-state index in [-0.39, 0.29) is 13.1 Å². The number of carbonyl (C=O) groups is 1. The van der Waals surface area contributed by atoms with Crippen LogP contribution in [0.2, 0.25) is 0 Å². The molecule has 0 aliphatic carbocycles. The summed E-state index contributed by atoms with van der Waals surface area (Å²) in [6.45, 7) is 4.14. The highest BCUT2D eigenvalue weighted by molar-refractivity contribution is 5.95. The van der Waals surface area contributed by atoms with Crippen LogP contribution in [0.3, 0.4) is 0 Å². The minimum absolute atomic E-state index is 0.274. The van der Waals surface area contributed by atoms with Crippen LogP contribution < -0.4 is 14.5 Å². The number of nitrogens with zero attached hydrogens (tertiary/aromatic N) is 5. The van der Waals surface area contributed by atoms with Gasteiger partial charge in [-0.3, -0.25) is 4.79 Å². The van der Waals surface area contributed by atoms with E-state index in [1.54, 1.807) is 12.3 Å². The normalized spacial score (nSPS) is 17.1. The second-order valence-corrected chi connectivity index (χ2v) is 7.16. The van der Waals surface area contributed by atoms with Crippen molar-refractivity contribution >= 4 is 17.7 Å². The Morgan fingerprint density at radius 3 is 2.42 bits per heavy atom. The monoisotopic (exact) mass is 437 g/mol. The Balaban J connectivity index is 1.45. The lowest BCUT2D eigenvalue weighted by atomic mass is 10.1. The van der Waals surface area contributed by atoms with Gasteiger partial charge in [0.2, 0.25) is 11.8 Å². The Morgan fingerprint density at radius 2 is 1.74 bits per heavy atom. The summed E-state index contributed by atoms with van der Waals surface area (Å²) in [5, 5.41) is 0. The zero-order valence-corrected chi connectivity index (χ0v) is 17.0. The summed E-state index contributed by atoms with van der Waals surface area (Å²) in [5.41, 5.74) is -0.555. The fourth-order valence-corrected chi connectivity index (χ4v) is 3.66. The molecule has 0 saturated carbocycles. The van der Waals surface area contributed by atoms with Crippen molar-refractivity contribution in [1.82, 2.24) is 14.9 Å². The minimum Gasteiger partial charge on any atom is -0.491 e.